The van der Waals surface area contributed by atoms with Crippen LogP contribution in [-0.4, -0.2) is 65.1 Å². The SMILES string of the molecule is COc1ccc(C(OC[C@H]2O[C@@H](n3ccc(NC(=O)c4ccccc4)nc3=O)C[C@@]2(O)CSC)(c2ccccc2)c2ccc(OC)cc2)cc1. The minimum atomic E-state index is -1.34. The molecule has 1 aliphatic rings. The van der Waals surface area contributed by atoms with Gasteiger partial charge in [-0.05, 0) is 65.4 Å². The maximum Gasteiger partial charge on any atom is 0.351 e. The average molecular weight is 694 g/mol. The molecule has 5 aromatic rings. The number of benzene rings is 4. The van der Waals surface area contributed by atoms with Gasteiger partial charge in [-0.1, -0.05) is 72.8 Å². The number of rotatable bonds is 13. The molecule has 1 aliphatic heterocycles. The van der Waals surface area contributed by atoms with Gasteiger partial charge in [-0.25, -0.2) is 4.79 Å². The predicted molar refractivity (Wildman–Crippen MR) is 193 cm³/mol. The Morgan fingerprint density at radius 1 is 0.900 bits per heavy atom. The van der Waals surface area contributed by atoms with E-state index < -0.39 is 29.2 Å². The fraction of sp³-hybridized carbons (Fsp3) is 0.256. The van der Waals surface area contributed by atoms with E-state index in [4.69, 9.17) is 18.9 Å². The highest BCUT2D eigenvalue weighted by molar-refractivity contribution is 7.98. The number of hydrogen-bond acceptors (Lipinski definition) is 9. The summed E-state index contributed by atoms with van der Waals surface area (Å²) in [6, 6.07) is 35.5. The van der Waals surface area contributed by atoms with Crippen LogP contribution >= 0.6 is 11.8 Å². The van der Waals surface area contributed by atoms with Crippen molar-refractivity contribution in [3.8, 4) is 11.5 Å². The standard InChI is InChI=1S/C39H39N3O7S/c1-46-31-18-14-29(15-19-31)39(28-12-8-5-9-13-28,30-16-20-32(47-2)21-17-30)48-25-33-38(45,26-50-3)24-35(49-33)42-23-22-34(41-37(42)44)40-36(43)27-10-6-4-7-11-27/h4-23,33,35,45H,24-26H2,1-3H3,(H,40,41,43,44)/t33-,35-,38-/m1/s1. The van der Waals surface area contributed by atoms with E-state index in [2.05, 4.69) is 10.3 Å². The lowest BCUT2D eigenvalue weighted by Gasteiger charge is -2.38. The van der Waals surface area contributed by atoms with Gasteiger partial charge in [-0.2, -0.15) is 16.7 Å². The Balaban J connectivity index is 1.32. The number of thioether (sulfide) groups is 1. The molecular weight excluding hydrogens is 655 g/mol. The molecule has 11 heteroatoms. The van der Waals surface area contributed by atoms with Gasteiger partial charge in [0.25, 0.3) is 5.91 Å². The highest BCUT2D eigenvalue weighted by Crippen LogP contribution is 2.44. The Bertz CT molecular complexity index is 1890. The molecule has 0 unspecified atom stereocenters. The highest BCUT2D eigenvalue weighted by atomic mass is 32.2. The van der Waals surface area contributed by atoms with Gasteiger partial charge >= 0.3 is 5.69 Å². The van der Waals surface area contributed by atoms with Crippen LogP contribution in [0.3, 0.4) is 0 Å². The van der Waals surface area contributed by atoms with Crippen LogP contribution in [0.15, 0.2) is 126 Å². The third-order valence-electron chi connectivity index (χ3n) is 8.89. The number of nitrogens with zero attached hydrogens (tertiary/aromatic N) is 2. The first-order chi connectivity index (χ1) is 24.3. The molecule has 50 heavy (non-hydrogen) atoms. The lowest BCUT2D eigenvalue weighted by molar-refractivity contribution is -0.114. The van der Waals surface area contributed by atoms with Crippen LogP contribution < -0.4 is 20.5 Å². The number of aromatic nitrogens is 2. The summed E-state index contributed by atoms with van der Waals surface area (Å²) < 4.78 is 25.8. The first-order valence-corrected chi connectivity index (χ1v) is 17.5. The summed E-state index contributed by atoms with van der Waals surface area (Å²) >= 11 is 1.48. The zero-order valence-electron chi connectivity index (χ0n) is 28.0. The van der Waals surface area contributed by atoms with Crippen LogP contribution in [0.25, 0.3) is 0 Å². The van der Waals surface area contributed by atoms with Crippen molar-refractivity contribution in [2.45, 2.75) is 30.0 Å². The molecule has 2 N–H and O–H groups in total. The van der Waals surface area contributed by atoms with Gasteiger partial charge in [0, 0.05) is 23.9 Å². The minimum absolute atomic E-state index is 0.0199. The molecule has 2 heterocycles. The number of aliphatic hydroxyl groups is 1. The fourth-order valence-electron chi connectivity index (χ4n) is 6.31. The number of carbonyl (C=O) groups excluding carboxylic acids is 1. The van der Waals surface area contributed by atoms with E-state index in [-0.39, 0.29) is 24.8 Å². The van der Waals surface area contributed by atoms with Crippen molar-refractivity contribution < 1.29 is 28.8 Å². The maximum absolute atomic E-state index is 13.3. The number of amides is 1. The second kappa shape index (κ2) is 15.3. The Labute approximate surface area is 295 Å². The molecule has 0 radical (unpaired) electrons. The molecule has 4 aromatic carbocycles. The molecule has 3 atom stereocenters. The second-order valence-corrected chi connectivity index (χ2v) is 12.8. The van der Waals surface area contributed by atoms with Crippen LogP contribution in [0.4, 0.5) is 5.82 Å². The van der Waals surface area contributed by atoms with Crippen molar-refractivity contribution in [1.29, 1.82) is 0 Å². The zero-order valence-corrected chi connectivity index (χ0v) is 28.8. The summed E-state index contributed by atoms with van der Waals surface area (Å²) in [6.07, 6.45) is 1.91. The molecule has 1 fully saturated rings. The normalized spacial score (nSPS) is 18.8. The maximum atomic E-state index is 13.3. The average Bonchev–Trinajstić information content (AvgIpc) is 3.48. The molecule has 1 saturated heterocycles. The molecule has 0 spiro atoms. The summed E-state index contributed by atoms with van der Waals surface area (Å²) in [6.45, 7) is -0.0199. The van der Waals surface area contributed by atoms with Crippen LogP contribution in [0.5, 0.6) is 11.5 Å². The summed E-state index contributed by atoms with van der Waals surface area (Å²) in [5.74, 6) is 1.48. The molecular formula is C39H39N3O7S. The molecule has 0 saturated carbocycles. The summed E-state index contributed by atoms with van der Waals surface area (Å²) in [5, 5.41) is 14.7. The summed E-state index contributed by atoms with van der Waals surface area (Å²) in [4.78, 5) is 30.0. The van der Waals surface area contributed by atoms with E-state index >= 15 is 0 Å². The Hall–Kier alpha value is -4.94. The molecule has 0 aliphatic carbocycles. The molecule has 258 valence electrons. The third kappa shape index (κ3) is 7.17. The Morgan fingerprint density at radius 2 is 1.46 bits per heavy atom. The van der Waals surface area contributed by atoms with E-state index in [0.717, 1.165) is 16.7 Å². The first kappa shape index (κ1) is 34.9. The van der Waals surface area contributed by atoms with Crippen molar-refractivity contribution in [2.75, 3.05) is 38.2 Å². The third-order valence-corrected chi connectivity index (χ3v) is 9.67. The van der Waals surface area contributed by atoms with Gasteiger partial charge in [0.2, 0.25) is 0 Å². The topological polar surface area (TPSA) is 121 Å². The van der Waals surface area contributed by atoms with Gasteiger partial charge < -0.3 is 29.4 Å². The van der Waals surface area contributed by atoms with Crippen LogP contribution in [0.2, 0.25) is 0 Å². The number of hydrogen-bond donors (Lipinski definition) is 2. The number of nitrogens with one attached hydrogen (secondary N) is 1. The van der Waals surface area contributed by atoms with Gasteiger partial charge in [-0.15, -0.1) is 0 Å². The second-order valence-electron chi connectivity index (χ2n) is 12.0. The largest absolute Gasteiger partial charge is 0.497 e. The summed E-state index contributed by atoms with van der Waals surface area (Å²) in [5.41, 5.74) is -0.100. The number of methoxy groups -OCH3 is 2. The fourth-order valence-corrected chi connectivity index (χ4v) is 7.12. The van der Waals surface area contributed by atoms with Gasteiger partial charge in [0.1, 0.15) is 40.9 Å². The lowest BCUT2D eigenvalue weighted by atomic mass is 9.80. The molecule has 1 amide bonds. The van der Waals surface area contributed by atoms with Crippen LogP contribution in [-0.2, 0) is 15.1 Å². The van der Waals surface area contributed by atoms with E-state index in [1.54, 1.807) is 38.5 Å². The number of ether oxygens (including phenoxy) is 4. The van der Waals surface area contributed by atoms with Gasteiger partial charge in [-0.3, -0.25) is 9.36 Å². The van der Waals surface area contributed by atoms with Crippen molar-refractivity contribution in [2.24, 2.45) is 0 Å². The lowest BCUT2D eigenvalue weighted by Crippen LogP contribution is -2.46. The number of anilines is 1. The van der Waals surface area contributed by atoms with Crippen molar-refractivity contribution in [3.05, 3.63) is 154 Å². The van der Waals surface area contributed by atoms with Crippen LogP contribution in [0, 0.1) is 0 Å². The molecule has 0 bridgehead atoms. The monoisotopic (exact) mass is 693 g/mol. The van der Waals surface area contributed by atoms with Crippen LogP contribution in [0.1, 0.15) is 39.7 Å². The van der Waals surface area contributed by atoms with Gasteiger partial charge in [0.15, 0.2) is 0 Å². The molecule has 6 rings (SSSR count). The van der Waals surface area contributed by atoms with Crippen molar-refractivity contribution >= 4 is 23.5 Å². The predicted octanol–water partition coefficient (Wildman–Crippen LogP) is 5.90. The smallest absolute Gasteiger partial charge is 0.351 e. The van der Waals surface area contributed by atoms with E-state index in [1.807, 2.05) is 91.2 Å². The van der Waals surface area contributed by atoms with Gasteiger partial charge in [0.05, 0.1) is 20.8 Å². The molecule has 1 aromatic heterocycles. The Morgan fingerprint density at radius 3 is 2.00 bits per heavy atom. The first-order valence-electron chi connectivity index (χ1n) is 16.1. The van der Waals surface area contributed by atoms with E-state index in [0.29, 0.717) is 22.8 Å². The van der Waals surface area contributed by atoms with Crippen molar-refractivity contribution in [3.63, 3.8) is 0 Å². The number of carbonyl (C=O) groups is 1. The minimum Gasteiger partial charge on any atom is -0.497 e. The Kier molecular flexibility index (Phi) is 10.7. The zero-order chi connectivity index (χ0) is 35.1. The summed E-state index contributed by atoms with van der Waals surface area (Å²) in [7, 11) is 3.24. The quantitative estimate of drug-likeness (QED) is 0.145. The van der Waals surface area contributed by atoms with E-state index in [1.165, 1.54) is 28.6 Å². The highest BCUT2D eigenvalue weighted by Gasteiger charge is 2.50. The van der Waals surface area contributed by atoms with E-state index in [9.17, 15) is 14.7 Å². The van der Waals surface area contributed by atoms with Crippen molar-refractivity contribution in [1.82, 2.24) is 9.55 Å². The molecule has 10 nitrogen and oxygen atoms in total.